The summed E-state index contributed by atoms with van der Waals surface area (Å²) in [5.41, 5.74) is 7.74. The molecule has 0 aromatic heterocycles. The van der Waals surface area contributed by atoms with Gasteiger partial charge in [0.05, 0.1) is 5.54 Å². The third kappa shape index (κ3) is 4.57. The van der Waals surface area contributed by atoms with Crippen LogP contribution in [0, 0.1) is 18.8 Å². The van der Waals surface area contributed by atoms with Crippen molar-refractivity contribution in [3.8, 4) is 0 Å². The molecular formula is C19H29N3O2. The van der Waals surface area contributed by atoms with Crippen molar-refractivity contribution in [3.05, 3.63) is 29.3 Å². The third-order valence-electron chi connectivity index (χ3n) is 4.66. The van der Waals surface area contributed by atoms with Crippen molar-refractivity contribution in [3.63, 3.8) is 0 Å². The number of anilines is 1. The molecule has 1 aliphatic carbocycles. The highest BCUT2D eigenvalue weighted by Gasteiger charge is 2.41. The van der Waals surface area contributed by atoms with Crippen molar-refractivity contribution in [2.24, 2.45) is 17.6 Å². The van der Waals surface area contributed by atoms with E-state index in [0.717, 1.165) is 24.1 Å². The fourth-order valence-corrected chi connectivity index (χ4v) is 2.89. The van der Waals surface area contributed by atoms with Gasteiger partial charge in [0.15, 0.2) is 0 Å². The molecular weight excluding hydrogens is 302 g/mol. The lowest BCUT2D eigenvalue weighted by Crippen LogP contribution is -2.53. The number of carbonyl (C=O) groups is 2. The van der Waals surface area contributed by atoms with Gasteiger partial charge in [-0.05, 0) is 62.3 Å². The second-order valence-corrected chi connectivity index (χ2v) is 7.53. The quantitative estimate of drug-likeness (QED) is 0.718. The molecule has 0 bridgehead atoms. The van der Waals surface area contributed by atoms with E-state index in [1.165, 1.54) is 0 Å². The van der Waals surface area contributed by atoms with E-state index in [0.29, 0.717) is 30.4 Å². The van der Waals surface area contributed by atoms with Gasteiger partial charge in [-0.15, -0.1) is 0 Å². The Kier molecular flexibility index (Phi) is 5.65. The molecule has 0 aliphatic heterocycles. The van der Waals surface area contributed by atoms with Crippen LogP contribution in [0.2, 0.25) is 0 Å². The molecule has 0 spiro atoms. The second-order valence-electron chi connectivity index (χ2n) is 7.53. The van der Waals surface area contributed by atoms with Crippen LogP contribution < -0.4 is 16.4 Å². The maximum absolute atomic E-state index is 12.5. The highest BCUT2D eigenvalue weighted by molar-refractivity contribution is 5.97. The molecule has 5 heteroatoms. The molecule has 0 radical (unpaired) electrons. The summed E-state index contributed by atoms with van der Waals surface area (Å²) in [4.78, 5) is 24.4. The largest absolute Gasteiger partial charge is 0.345 e. The normalized spacial score (nSPS) is 16.6. The van der Waals surface area contributed by atoms with E-state index < -0.39 is 0 Å². The zero-order valence-corrected chi connectivity index (χ0v) is 15.1. The van der Waals surface area contributed by atoms with Crippen molar-refractivity contribution >= 4 is 17.5 Å². The summed E-state index contributed by atoms with van der Waals surface area (Å²) >= 11 is 0. The number of amides is 2. The summed E-state index contributed by atoms with van der Waals surface area (Å²) in [6.45, 7) is 8.36. The zero-order valence-electron chi connectivity index (χ0n) is 15.1. The Morgan fingerprint density at radius 3 is 2.50 bits per heavy atom. The third-order valence-corrected chi connectivity index (χ3v) is 4.66. The average molecular weight is 331 g/mol. The minimum absolute atomic E-state index is 0.00487. The molecule has 132 valence electrons. The molecule has 2 rings (SSSR count). The number of hydrogen-bond donors (Lipinski definition) is 3. The molecule has 4 N–H and O–H groups in total. The van der Waals surface area contributed by atoms with Gasteiger partial charge in [0.1, 0.15) is 0 Å². The monoisotopic (exact) mass is 331 g/mol. The lowest BCUT2D eigenvalue weighted by atomic mass is 9.95. The summed E-state index contributed by atoms with van der Waals surface area (Å²) in [6, 6.07) is 5.35. The second kappa shape index (κ2) is 7.34. The fraction of sp³-hybridized carbons (Fsp3) is 0.579. The molecule has 1 aromatic carbocycles. The van der Waals surface area contributed by atoms with E-state index >= 15 is 0 Å². The Hall–Kier alpha value is -1.88. The molecule has 1 fully saturated rings. The predicted molar refractivity (Wildman–Crippen MR) is 96.9 cm³/mol. The average Bonchev–Trinajstić information content (AvgIpc) is 3.33. The first-order valence-corrected chi connectivity index (χ1v) is 8.68. The molecule has 1 aromatic rings. The Morgan fingerprint density at radius 1 is 1.33 bits per heavy atom. The lowest BCUT2D eigenvalue weighted by molar-refractivity contribution is -0.116. The van der Waals surface area contributed by atoms with Gasteiger partial charge in [-0.3, -0.25) is 9.59 Å². The van der Waals surface area contributed by atoms with Crippen LogP contribution in [-0.4, -0.2) is 23.9 Å². The van der Waals surface area contributed by atoms with Crippen LogP contribution in [0.3, 0.4) is 0 Å². The minimum atomic E-state index is -0.338. The van der Waals surface area contributed by atoms with Crippen LogP contribution in [0.5, 0.6) is 0 Å². The maximum Gasteiger partial charge on any atom is 0.251 e. The van der Waals surface area contributed by atoms with Crippen molar-refractivity contribution < 1.29 is 9.59 Å². The maximum atomic E-state index is 12.5. The molecule has 1 aliphatic rings. The Balaban J connectivity index is 2.05. The van der Waals surface area contributed by atoms with Crippen LogP contribution in [0.15, 0.2) is 18.2 Å². The molecule has 5 nitrogen and oxygen atoms in total. The first kappa shape index (κ1) is 18.5. The number of aryl methyl sites for hydroxylation is 1. The van der Waals surface area contributed by atoms with Gasteiger partial charge in [0.25, 0.3) is 5.91 Å². The van der Waals surface area contributed by atoms with Gasteiger partial charge >= 0.3 is 0 Å². The SMILES string of the molecule is Cc1cc(C(=O)NC(C)(CN)C2CC2)ccc1NC(=O)CC(C)C. The Bertz CT molecular complexity index is 623. The number of nitrogens with two attached hydrogens (primary N) is 1. The van der Waals surface area contributed by atoms with Gasteiger partial charge in [0, 0.05) is 24.2 Å². The topological polar surface area (TPSA) is 84.2 Å². The summed E-state index contributed by atoms with van der Waals surface area (Å²) in [6.07, 6.45) is 2.72. The molecule has 1 unspecified atom stereocenters. The van der Waals surface area contributed by atoms with E-state index in [9.17, 15) is 9.59 Å². The van der Waals surface area contributed by atoms with Gasteiger partial charge in [-0.25, -0.2) is 0 Å². The van der Waals surface area contributed by atoms with Gasteiger partial charge in [-0.2, -0.15) is 0 Å². The van der Waals surface area contributed by atoms with E-state index in [-0.39, 0.29) is 17.4 Å². The van der Waals surface area contributed by atoms with E-state index in [2.05, 4.69) is 10.6 Å². The summed E-state index contributed by atoms with van der Waals surface area (Å²) in [5.74, 6) is 0.668. The number of rotatable bonds is 7. The van der Waals surface area contributed by atoms with E-state index in [4.69, 9.17) is 5.73 Å². The first-order valence-electron chi connectivity index (χ1n) is 8.68. The summed E-state index contributed by atoms with van der Waals surface area (Å²) < 4.78 is 0. The summed E-state index contributed by atoms with van der Waals surface area (Å²) in [7, 11) is 0. The smallest absolute Gasteiger partial charge is 0.251 e. The zero-order chi connectivity index (χ0) is 17.9. The van der Waals surface area contributed by atoms with Gasteiger partial charge in [0.2, 0.25) is 5.91 Å². The van der Waals surface area contributed by atoms with Crippen LogP contribution in [0.4, 0.5) is 5.69 Å². The minimum Gasteiger partial charge on any atom is -0.345 e. The van der Waals surface area contributed by atoms with Crippen LogP contribution in [0.25, 0.3) is 0 Å². The van der Waals surface area contributed by atoms with Crippen LogP contribution in [0.1, 0.15) is 56.0 Å². The highest BCUT2D eigenvalue weighted by Crippen LogP contribution is 2.39. The van der Waals surface area contributed by atoms with Crippen molar-refractivity contribution in [2.75, 3.05) is 11.9 Å². The predicted octanol–water partition coefficient (Wildman–Crippen LogP) is 2.84. The van der Waals surface area contributed by atoms with Crippen molar-refractivity contribution in [1.29, 1.82) is 0 Å². The number of nitrogens with one attached hydrogen (secondary N) is 2. The number of hydrogen-bond acceptors (Lipinski definition) is 3. The standard InChI is InChI=1S/C19H29N3O2/c1-12(2)9-17(23)21-16-8-5-14(10-13(16)3)18(24)22-19(4,11-20)15-6-7-15/h5,8,10,12,15H,6-7,9,11,20H2,1-4H3,(H,21,23)(H,22,24). The number of benzene rings is 1. The van der Waals surface area contributed by atoms with E-state index in [1.54, 1.807) is 12.1 Å². The molecule has 0 heterocycles. The molecule has 2 amide bonds. The van der Waals surface area contributed by atoms with Gasteiger partial charge in [-0.1, -0.05) is 13.8 Å². The fourth-order valence-electron chi connectivity index (χ4n) is 2.89. The number of carbonyl (C=O) groups excluding carboxylic acids is 2. The molecule has 0 saturated heterocycles. The highest BCUT2D eigenvalue weighted by atomic mass is 16.2. The molecule has 24 heavy (non-hydrogen) atoms. The first-order chi connectivity index (χ1) is 11.2. The van der Waals surface area contributed by atoms with E-state index in [1.807, 2.05) is 33.8 Å². The Labute approximate surface area is 144 Å². The summed E-state index contributed by atoms with van der Waals surface area (Å²) in [5, 5.41) is 5.99. The molecule has 1 atom stereocenters. The van der Waals surface area contributed by atoms with Crippen molar-refractivity contribution in [1.82, 2.24) is 5.32 Å². The van der Waals surface area contributed by atoms with Crippen molar-refractivity contribution in [2.45, 2.75) is 52.5 Å². The Morgan fingerprint density at radius 2 is 2.00 bits per heavy atom. The molecule has 1 saturated carbocycles. The van der Waals surface area contributed by atoms with Crippen LogP contribution in [-0.2, 0) is 4.79 Å². The van der Waals surface area contributed by atoms with Crippen LogP contribution >= 0.6 is 0 Å². The lowest BCUT2D eigenvalue weighted by Gasteiger charge is -2.29. The van der Waals surface area contributed by atoms with Gasteiger partial charge < -0.3 is 16.4 Å².